The smallest absolute Gasteiger partial charge is 0.118 e. The molecular weight excluding hydrogens is 362 g/mol. The number of ether oxygens (including phenoxy) is 2. The Bertz CT molecular complexity index is 765. The minimum atomic E-state index is -1.02. The van der Waals surface area contributed by atoms with E-state index in [9.17, 15) is 5.11 Å². The van der Waals surface area contributed by atoms with Crippen molar-refractivity contribution < 1.29 is 19.1 Å². The van der Waals surface area contributed by atoms with E-state index in [1.807, 2.05) is 48.5 Å². The SMILES string of the molecule is COc1ccc(C(O)(CC2C[C@H]3CC[C@@H](C2)[N+]3(C)C)c2ccc(OC)cc2)cc1. The minimum Gasteiger partial charge on any atom is -0.497 e. The van der Waals surface area contributed by atoms with Crippen molar-refractivity contribution in [2.45, 2.75) is 49.8 Å². The maximum Gasteiger partial charge on any atom is 0.118 e. The van der Waals surface area contributed by atoms with Crippen LogP contribution >= 0.6 is 0 Å². The first-order valence-corrected chi connectivity index (χ1v) is 10.7. The molecule has 2 aromatic rings. The summed E-state index contributed by atoms with van der Waals surface area (Å²) in [5.74, 6) is 2.13. The Morgan fingerprint density at radius 2 is 1.24 bits per heavy atom. The van der Waals surface area contributed by atoms with Gasteiger partial charge in [-0.2, -0.15) is 0 Å². The molecule has 2 aliphatic rings. The summed E-state index contributed by atoms with van der Waals surface area (Å²) < 4.78 is 11.8. The van der Waals surface area contributed by atoms with E-state index in [1.54, 1.807) is 14.2 Å². The van der Waals surface area contributed by atoms with Gasteiger partial charge in [0.1, 0.15) is 17.1 Å². The monoisotopic (exact) mass is 396 g/mol. The van der Waals surface area contributed by atoms with Gasteiger partial charge >= 0.3 is 0 Å². The summed E-state index contributed by atoms with van der Waals surface area (Å²) >= 11 is 0. The van der Waals surface area contributed by atoms with Gasteiger partial charge in [-0.1, -0.05) is 24.3 Å². The summed E-state index contributed by atoms with van der Waals surface area (Å²) in [6.07, 6.45) is 5.77. The summed E-state index contributed by atoms with van der Waals surface area (Å²) in [6, 6.07) is 17.2. The van der Waals surface area contributed by atoms with Crippen molar-refractivity contribution >= 4 is 0 Å². The van der Waals surface area contributed by atoms with E-state index in [2.05, 4.69) is 14.1 Å². The third-order valence-corrected chi connectivity index (χ3v) is 7.65. The molecule has 2 bridgehead atoms. The van der Waals surface area contributed by atoms with Crippen LogP contribution < -0.4 is 9.47 Å². The number of aliphatic hydroxyl groups is 1. The lowest BCUT2D eigenvalue weighted by Gasteiger charge is -2.46. The number of methoxy groups -OCH3 is 2. The maximum absolute atomic E-state index is 12.1. The van der Waals surface area contributed by atoms with Gasteiger partial charge in [-0.05, 0) is 47.7 Å². The molecule has 0 radical (unpaired) electrons. The third kappa shape index (κ3) is 3.64. The van der Waals surface area contributed by atoms with Gasteiger partial charge in [0.05, 0.1) is 40.4 Å². The molecule has 3 atom stereocenters. The lowest BCUT2D eigenvalue weighted by atomic mass is 9.75. The topological polar surface area (TPSA) is 38.7 Å². The zero-order chi connectivity index (χ0) is 20.6. The first-order valence-electron chi connectivity index (χ1n) is 10.7. The average molecular weight is 397 g/mol. The molecule has 4 nitrogen and oxygen atoms in total. The molecule has 2 saturated heterocycles. The number of nitrogens with zero attached hydrogens (tertiary/aromatic N) is 1. The second-order valence-corrected chi connectivity index (χ2v) is 9.37. The Labute approximate surface area is 174 Å². The van der Waals surface area contributed by atoms with Crippen molar-refractivity contribution in [3.8, 4) is 11.5 Å². The normalized spacial score (nSPS) is 25.6. The van der Waals surface area contributed by atoms with Crippen molar-refractivity contribution in [2.24, 2.45) is 5.92 Å². The molecule has 1 unspecified atom stereocenters. The highest BCUT2D eigenvalue weighted by Crippen LogP contribution is 2.47. The fourth-order valence-corrected chi connectivity index (χ4v) is 5.71. The van der Waals surface area contributed by atoms with E-state index in [1.165, 1.54) is 25.7 Å². The standard InChI is InChI=1S/C25H34NO3/c1-26(2)21-9-10-22(26)16-18(15-21)17-25(27,19-5-11-23(28-3)12-6-19)20-7-13-24(29-4)14-8-20/h5-8,11-14,18,21-22,27H,9-10,15-17H2,1-4H3/q+1/t18?,21-,22+. The van der Waals surface area contributed by atoms with Crippen LogP contribution in [-0.2, 0) is 5.60 Å². The average Bonchev–Trinajstić information content (AvgIpc) is 2.89. The largest absolute Gasteiger partial charge is 0.497 e. The second kappa shape index (κ2) is 7.66. The van der Waals surface area contributed by atoms with E-state index in [0.717, 1.165) is 45.6 Å². The number of hydrogen-bond donors (Lipinski definition) is 1. The molecule has 4 rings (SSSR count). The summed E-state index contributed by atoms with van der Waals surface area (Å²) in [5, 5.41) is 12.1. The number of quaternary nitrogens is 1. The summed E-state index contributed by atoms with van der Waals surface area (Å²) in [7, 11) is 8.11. The number of hydrogen-bond acceptors (Lipinski definition) is 3. The van der Waals surface area contributed by atoms with Gasteiger partial charge in [-0.15, -0.1) is 0 Å². The van der Waals surface area contributed by atoms with Crippen molar-refractivity contribution in [1.29, 1.82) is 0 Å². The quantitative estimate of drug-likeness (QED) is 0.738. The van der Waals surface area contributed by atoms with Crippen LogP contribution in [0.2, 0.25) is 0 Å². The van der Waals surface area contributed by atoms with Gasteiger partial charge in [0.25, 0.3) is 0 Å². The van der Waals surface area contributed by atoms with Gasteiger partial charge in [0, 0.05) is 25.7 Å². The highest BCUT2D eigenvalue weighted by Gasteiger charge is 2.50. The van der Waals surface area contributed by atoms with Crippen LogP contribution in [0.15, 0.2) is 48.5 Å². The molecule has 2 aromatic carbocycles. The second-order valence-electron chi connectivity index (χ2n) is 9.37. The molecule has 2 fully saturated rings. The van der Waals surface area contributed by atoms with E-state index in [0.29, 0.717) is 5.92 Å². The third-order valence-electron chi connectivity index (χ3n) is 7.65. The first-order chi connectivity index (χ1) is 13.9. The first kappa shape index (κ1) is 20.2. The molecular formula is C25H34NO3+. The molecule has 0 amide bonds. The van der Waals surface area contributed by atoms with Gasteiger partial charge < -0.3 is 19.1 Å². The van der Waals surface area contributed by atoms with Gasteiger partial charge in [0.2, 0.25) is 0 Å². The fourth-order valence-electron chi connectivity index (χ4n) is 5.71. The molecule has 0 aromatic heterocycles. The lowest BCUT2D eigenvalue weighted by Crippen LogP contribution is -2.55. The zero-order valence-corrected chi connectivity index (χ0v) is 18.1. The Morgan fingerprint density at radius 1 is 0.828 bits per heavy atom. The Hall–Kier alpha value is -2.04. The number of benzene rings is 2. The Kier molecular flexibility index (Phi) is 5.34. The van der Waals surface area contributed by atoms with E-state index in [4.69, 9.17) is 9.47 Å². The van der Waals surface area contributed by atoms with E-state index >= 15 is 0 Å². The van der Waals surface area contributed by atoms with Crippen LogP contribution in [0.5, 0.6) is 11.5 Å². The molecule has 156 valence electrons. The Morgan fingerprint density at radius 3 is 1.62 bits per heavy atom. The predicted octanol–water partition coefficient (Wildman–Crippen LogP) is 4.35. The highest BCUT2D eigenvalue weighted by molar-refractivity contribution is 5.41. The van der Waals surface area contributed by atoms with Crippen molar-refractivity contribution in [3.05, 3.63) is 59.7 Å². The molecule has 29 heavy (non-hydrogen) atoms. The lowest BCUT2D eigenvalue weighted by molar-refractivity contribution is -0.931. The molecule has 2 aliphatic heterocycles. The van der Waals surface area contributed by atoms with Crippen molar-refractivity contribution in [3.63, 3.8) is 0 Å². The van der Waals surface area contributed by atoms with Gasteiger partial charge in [-0.25, -0.2) is 0 Å². The molecule has 0 spiro atoms. The van der Waals surface area contributed by atoms with Gasteiger partial charge in [0.15, 0.2) is 0 Å². The number of piperidine rings is 1. The molecule has 4 heteroatoms. The number of rotatable bonds is 6. The molecule has 1 N–H and O–H groups in total. The van der Waals surface area contributed by atoms with Crippen molar-refractivity contribution in [2.75, 3.05) is 28.3 Å². The van der Waals surface area contributed by atoms with Gasteiger partial charge in [-0.3, -0.25) is 0 Å². The molecule has 0 aliphatic carbocycles. The highest BCUT2D eigenvalue weighted by atomic mass is 16.5. The van der Waals surface area contributed by atoms with Crippen molar-refractivity contribution in [1.82, 2.24) is 0 Å². The fraction of sp³-hybridized carbons (Fsp3) is 0.520. The maximum atomic E-state index is 12.1. The molecule has 2 heterocycles. The summed E-state index contributed by atoms with van der Waals surface area (Å²) in [5.41, 5.74) is 0.835. The Balaban J connectivity index is 1.66. The van der Waals surface area contributed by atoms with Crippen LogP contribution in [0.25, 0.3) is 0 Å². The van der Waals surface area contributed by atoms with Crippen LogP contribution in [0.3, 0.4) is 0 Å². The zero-order valence-electron chi connectivity index (χ0n) is 18.1. The molecule has 0 saturated carbocycles. The predicted molar refractivity (Wildman–Crippen MR) is 115 cm³/mol. The van der Waals surface area contributed by atoms with Crippen LogP contribution in [-0.4, -0.2) is 50.0 Å². The van der Waals surface area contributed by atoms with Crippen LogP contribution in [0.1, 0.15) is 43.2 Å². The number of fused-ring (bicyclic) bond motifs is 2. The van der Waals surface area contributed by atoms with Crippen LogP contribution in [0.4, 0.5) is 0 Å². The minimum absolute atomic E-state index is 0.521. The summed E-state index contributed by atoms with van der Waals surface area (Å²) in [4.78, 5) is 0. The summed E-state index contributed by atoms with van der Waals surface area (Å²) in [6.45, 7) is 0. The van der Waals surface area contributed by atoms with Crippen LogP contribution in [0, 0.1) is 5.92 Å². The van der Waals surface area contributed by atoms with E-state index in [-0.39, 0.29) is 0 Å². The van der Waals surface area contributed by atoms with E-state index < -0.39 is 5.60 Å².